The molecular weight excluding hydrogens is 620 g/mol. The fourth-order valence-electron chi connectivity index (χ4n) is 6.95. The van der Waals surface area contributed by atoms with E-state index < -0.39 is 24.4 Å². The molecule has 0 unspecified atom stereocenters. The molecule has 1 aliphatic rings. The number of rotatable bonds is 33. The van der Waals surface area contributed by atoms with Crippen molar-refractivity contribution in [3.05, 3.63) is 12.2 Å². The maximum absolute atomic E-state index is 12.1. The summed E-state index contributed by atoms with van der Waals surface area (Å²) in [5, 5.41) is 41.2. The molecule has 8 nitrogen and oxygen atoms in total. The van der Waals surface area contributed by atoms with Crippen molar-refractivity contribution in [3.8, 4) is 0 Å². The minimum absolute atomic E-state index is 0.0290. The quantitative estimate of drug-likeness (QED) is 0.0304. The number of esters is 2. The average molecular weight is 697 g/mol. The summed E-state index contributed by atoms with van der Waals surface area (Å²) in [5.74, 6) is -0.869. The van der Waals surface area contributed by atoms with E-state index in [1.807, 2.05) is 6.08 Å². The van der Waals surface area contributed by atoms with Crippen molar-refractivity contribution >= 4 is 11.9 Å². The first kappa shape index (κ1) is 45.5. The molecular formula is C41H76O8. The van der Waals surface area contributed by atoms with Gasteiger partial charge in [-0.2, -0.15) is 0 Å². The van der Waals surface area contributed by atoms with Gasteiger partial charge in [0.05, 0.1) is 18.3 Å². The molecule has 0 radical (unpaired) electrons. The number of unbranched alkanes of at least 4 members (excludes halogenated alkanes) is 19. The number of aliphatic hydroxyl groups is 4. The van der Waals surface area contributed by atoms with Crippen molar-refractivity contribution in [2.45, 2.75) is 212 Å². The lowest BCUT2D eigenvalue weighted by Gasteiger charge is -2.21. The molecule has 8 heteroatoms. The third-order valence-corrected chi connectivity index (χ3v) is 10.1. The van der Waals surface area contributed by atoms with Gasteiger partial charge in [-0.3, -0.25) is 9.59 Å². The Morgan fingerprint density at radius 1 is 0.612 bits per heavy atom. The Labute approximate surface area is 299 Å². The molecule has 1 fully saturated rings. The minimum Gasteiger partial charge on any atom is -0.463 e. The molecule has 0 spiro atoms. The van der Waals surface area contributed by atoms with Crippen LogP contribution in [0, 0.1) is 11.8 Å². The summed E-state index contributed by atoms with van der Waals surface area (Å²) in [6.07, 6.45) is 29.1. The largest absolute Gasteiger partial charge is 0.463 e. The fraction of sp³-hybridized carbons (Fsp3) is 0.902. The molecule has 0 saturated heterocycles. The Balaban J connectivity index is 1.99. The van der Waals surface area contributed by atoms with Crippen LogP contribution in [-0.4, -0.2) is 70.0 Å². The van der Waals surface area contributed by atoms with Gasteiger partial charge in [-0.1, -0.05) is 154 Å². The van der Waals surface area contributed by atoms with Crippen LogP contribution < -0.4 is 0 Å². The lowest BCUT2D eigenvalue weighted by atomic mass is 9.88. The maximum Gasteiger partial charge on any atom is 0.305 e. The zero-order chi connectivity index (χ0) is 36.0. The maximum atomic E-state index is 12.1. The first-order valence-corrected chi connectivity index (χ1v) is 20.5. The first-order valence-electron chi connectivity index (χ1n) is 20.5. The summed E-state index contributed by atoms with van der Waals surface area (Å²) in [4.78, 5) is 24.1. The van der Waals surface area contributed by atoms with Gasteiger partial charge in [0.2, 0.25) is 0 Å². The highest BCUT2D eigenvalue weighted by Crippen LogP contribution is 2.37. The number of aliphatic hydroxyl groups excluding tert-OH is 4. The molecule has 1 rings (SSSR count). The molecule has 0 aromatic heterocycles. The Bertz CT molecular complexity index is 817. The second-order valence-electron chi connectivity index (χ2n) is 14.7. The molecule has 0 aromatic carbocycles. The lowest BCUT2D eigenvalue weighted by Crippen LogP contribution is -2.25. The van der Waals surface area contributed by atoms with E-state index in [0.29, 0.717) is 19.3 Å². The Morgan fingerprint density at radius 2 is 1.04 bits per heavy atom. The predicted octanol–water partition coefficient (Wildman–Crippen LogP) is 8.89. The van der Waals surface area contributed by atoms with Crippen LogP contribution in [0.3, 0.4) is 0 Å². The van der Waals surface area contributed by atoms with E-state index in [9.17, 15) is 30.0 Å². The van der Waals surface area contributed by atoms with Crippen molar-refractivity contribution in [2.24, 2.45) is 11.8 Å². The van der Waals surface area contributed by atoms with Gasteiger partial charge in [-0.05, 0) is 31.6 Å². The van der Waals surface area contributed by atoms with E-state index in [-0.39, 0.29) is 43.4 Å². The van der Waals surface area contributed by atoms with E-state index in [4.69, 9.17) is 9.47 Å². The van der Waals surface area contributed by atoms with Gasteiger partial charge in [0.15, 0.2) is 0 Å². The van der Waals surface area contributed by atoms with E-state index >= 15 is 0 Å². The molecule has 49 heavy (non-hydrogen) atoms. The third kappa shape index (κ3) is 25.2. The van der Waals surface area contributed by atoms with Crippen LogP contribution in [0.1, 0.15) is 187 Å². The Kier molecular flexibility index (Phi) is 29.1. The average Bonchev–Trinajstić information content (AvgIpc) is 3.35. The van der Waals surface area contributed by atoms with Gasteiger partial charge in [0.25, 0.3) is 0 Å². The molecule has 1 saturated carbocycles. The number of hydrogen-bond donors (Lipinski definition) is 4. The zero-order valence-electron chi connectivity index (χ0n) is 31.5. The smallest absolute Gasteiger partial charge is 0.305 e. The van der Waals surface area contributed by atoms with Crippen molar-refractivity contribution < 1.29 is 39.5 Å². The van der Waals surface area contributed by atoms with E-state index in [2.05, 4.69) is 13.8 Å². The van der Waals surface area contributed by atoms with E-state index in [0.717, 1.165) is 70.6 Å². The lowest BCUT2D eigenvalue weighted by molar-refractivity contribution is -0.152. The monoisotopic (exact) mass is 697 g/mol. The minimum atomic E-state index is -1.03. The standard InChI is InChI=1S/C41H76O8/c1-3-5-7-8-9-10-11-12-13-14-15-16-17-18-23-27-40(46)48-32-35(43)33-49-41(47)28-24-20-19-22-26-36-37(39(45)31-38(36)44)30-29-34(42)25-21-6-4-2/h29-30,34-39,42-45H,3-28,31-33H2,1-2H3/b30-29+/t34-,35+,36+,37+,38-,39+/m0/s1. The first-order chi connectivity index (χ1) is 23.8. The normalized spacial score (nSPS) is 20.5. The van der Waals surface area contributed by atoms with Crippen LogP contribution in [0.15, 0.2) is 12.2 Å². The molecule has 6 atom stereocenters. The Morgan fingerprint density at radius 3 is 1.53 bits per heavy atom. The molecule has 0 amide bonds. The number of hydrogen-bond acceptors (Lipinski definition) is 8. The van der Waals surface area contributed by atoms with Gasteiger partial charge in [-0.25, -0.2) is 0 Å². The van der Waals surface area contributed by atoms with E-state index in [1.54, 1.807) is 6.08 Å². The van der Waals surface area contributed by atoms with Crippen molar-refractivity contribution in [1.82, 2.24) is 0 Å². The summed E-state index contributed by atoms with van der Waals surface area (Å²) in [7, 11) is 0. The molecule has 1 aliphatic carbocycles. The van der Waals surface area contributed by atoms with Crippen molar-refractivity contribution in [3.63, 3.8) is 0 Å². The van der Waals surface area contributed by atoms with Crippen LogP contribution >= 0.6 is 0 Å². The summed E-state index contributed by atoms with van der Waals surface area (Å²) in [6.45, 7) is 4.04. The van der Waals surface area contributed by atoms with Crippen LogP contribution in [0.25, 0.3) is 0 Å². The SMILES string of the molecule is CCCCCCCCCCCCCCCCCC(=O)OC[C@@H](O)COC(=O)CCCCCC[C@@H]1[C@@H](/C=C/[C@@H](O)CCCCC)[C@H](O)C[C@@H]1O. The van der Waals surface area contributed by atoms with Crippen molar-refractivity contribution in [1.29, 1.82) is 0 Å². The highest BCUT2D eigenvalue weighted by molar-refractivity contribution is 5.69. The summed E-state index contributed by atoms with van der Waals surface area (Å²) in [5.41, 5.74) is 0. The molecule has 0 heterocycles. The number of ether oxygens (including phenoxy) is 2. The molecule has 0 aliphatic heterocycles. The zero-order valence-corrected chi connectivity index (χ0v) is 31.5. The van der Waals surface area contributed by atoms with Gasteiger partial charge >= 0.3 is 11.9 Å². The number of carbonyl (C=O) groups excluding carboxylic acids is 2. The van der Waals surface area contributed by atoms with E-state index in [1.165, 1.54) is 77.0 Å². The topological polar surface area (TPSA) is 134 Å². The van der Waals surface area contributed by atoms with Gasteiger partial charge in [0, 0.05) is 25.2 Å². The third-order valence-electron chi connectivity index (χ3n) is 10.1. The van der Waals surface area contributed by atoms with Gasteiger partial charge < -0.3 is 29.9 Å². The van der Waals surface area contributed by atoms with Crippen LogP contribution in [0.2, 0.25) is 0 Å². The summed E-state index contributed by atoms with van der Waals surface area (Å²) < 4.78 is 10.3. The van der Waals surface area contributed by atoms with Crippen LogP contribution in [0.4, 0.5) is 0 Å². The van der Waals surface area contributed by atoms with Crippen LogP contribution in [0.5, 0.6) is 0 Å². The van der Waals surface area contributed by atoms with Crippen LogP contribution in [-0.2, 0) is 19.1 Å². The van der Waals surface area contributed by atoms with Crippen molar-refractivity contribution in [2.75, 3.05) is 13.2 Å². The molecule has 0 bridgehead atoms. The number of carbonyl (C=O) groups is 2. The second-order valence-corrected chi connectivity index (χ2v) is 14.7. The molecule has 288 valence electrons. The van der Waals surface area contributed by atoms with Gasteiger partial charge in [-0.15, -0.1) is 0 Å². The summed E-state index contributed by atoms with van der Waals surface area (Å²) >= 11 is 0. The highest BCUT2D eigenvalue weighted by atomic mass is 16.6. The highest BCUT2D eigenvalue weighted by Gasteiger charge is 2.39. The summed E-state index contributed by atoms with van der Waals surface area (Å²) in [6, 6.07) is 0. The second kappa shape index (κ2) is 31.3. The fourth-order valence-corrected chi connectivity index (χ4v) is 6.95. The molecule has 0 aromatic rings. The molecule has 4 N–H and O–H groups in total. The predicted molar refractivity (Wildman–Crippen MR) is 198 cm³/mol. The van der Waals surface area contributed by atoms with Gasteiger partial charge in [0.1, 0.15) is 19.3 Å². The Hall–Kier alpha value is -1.48.